The third-order valence-electron chi connectivity index (χ3n) is 14.1. The molecule has 5 atom stereocenters. The van der Waals surface area contributed by atoms with E-state index in [2.05, 4.69) is 0 Å². The van der Waals surface area contributed by atoms with Crippen LogP contribution >= 0.6 is 0 Å². The lowest BCUT2D eigenvalue weighted by Gasteiger charge is -2.31. The molecule has 2 saturated heterocycles. The van der Waals surface area contributed by atoms with Crippen LogP contribution in [0.25, 0.3) is 21.5 Å². The van der Waals surface area contributed by atoms with Crippen molar-refractivity contribution in [1.82, 2.24) is 4.90 Å². The molecule has 1 N–H and O–H groups in total. The molecule has 0 saturated carbocycles. The number of carbonyl (C=O) groups excluding carboxylic acids is 4. The molecule has 6 aromatic rings. The van der Waals surface area contributed by atoms with Crippen molar-refractivity contribution in [3.63, 3.8) is 0 Å². The van der Waals surface area contributed by atoms with E-state index in [0.717, 1.165) is 44.9 Å². The molecule has 5 aliphatic rings. The number of amides is 4. The van der Waals surface area contributed by atoms with Gasteiger partial charge in [0.1, 0.15) is 0 Å². The first-order valence-electron chi connectivity index (χ1n) is 21.5. The maximum absolute atomic E-state index is 16.9. The van der Waals surface area contributed by atoms with Crippen LogP contribution in [0.2, 0.25) is 18.6 Å². The monoisotopic (exact) mass is 844 g/mol. The molecule has 0 aromatic heterocycles. The second-order valence-electron chi connectivity index (χ2n) is 17.9. The number of carbonyl (C=O) groups is 4. The molecule has 0 unspecified atom stereocenters. The summed E-state index contributed by atoms with van der Waals surface area (Å²) in [6.07, 6.45) is 0.415. The lowest BCUT2D eigenvalue weighted by molar-refractivity contribution is -0.150. The molecule has 10 nitrogen and oxygen atoms in total. The minimum atomic E-state index is -3.64. The third kappa shape index (κ3) is 5.45. The van der Waals surface area contributed by atoms with Gasteiger partial charge in [-0.2, -0.15) is 0 Å². The number of likely N-dealkylation sites (tertiary alicyclic amines) is 1. The topological polar surface area (TPSA) is 111 Å². The molecule has 0 radical (unpaired) electrons. The predicted octanol–water partition coefficient (Wildman–Crippen LogP) is 9.27. The van der Waals surface area contributed by atoms with Gasteiger partial charge in [0, 0.05) is 45.7 Å². The summed E-state index contributed by atoms with van der Waals surface area (Å²) in [4.78, 5) is 64.5. The van der Waals surface area contributed by atoms with E-state index in [1.54, 1.807) is 32.7 Å². The van der Waals surface area contributed by atoms with E-state index in [9.17, 15) is 19.5 Å². The van der Waals surface area contributed by atoms with Crippen molar-refractivity contribution in [3.8, 4) is 0 Å². The van der Waals surface area contributed by atoms with Gasteiger partial charge >= 0.3 is 0 Å². The molecule has 1 spiro atoms. The number of aliphatic hydroxyl groups excluding tert-OH is 1. The molecule has 0 bridgehead atoms. The lowest BCUT2D eigenvalue weighted by Crippen LogP contribution is -2.45. The molecule has 5 heterocycles. The fourth-order valence-electron chi connectivity index (χ4n) is 11.5. The minimum absolute atomic E-state index is 0.111. The molecular formula is C50H45FN4O6Si. The maximum atomic E-state index is 16.9. The molecule has 6 aromatic carbocycles. The standard InChI is InChI=1S/C50H45FN4O6Si/c1-29-46(62(2,3)51)42(26-43(57)52-23-9-16-35(52)28-56)61-50(29)38-25-34(55-41-20-8-14-32-12-6-18-37(45(32)41)48(55)59)21-22-39(38)53(49(50)60)27-30-10-4-15-33(24-30)54-40-19-7-13-31-11-5-17-36(44(31)40)47(54)58/h4-8,10-15,17-22,24-25,29,35,42,46,56H,9,16,23,26-28H2,1-3H3/t29-,35-,42+,46-,50+/m0/s1. The Labute approximate surface area is 359 Å². The van der Waals surface area contributed by atoms with E-state index in [1.165, 1.54) is 0 Å². The predicted molar refractivity (Wildman–Crippen MR) is 239 cm³/mol. The van der Waals surface area contributed by atoms with Crippen molar-refractivity contribution in [1.29, 1.82) is 0 Å². The van der Waals surface area contributed by atoms with Gasteiger partial charge in [-0.1, -0.05) is 67.6 Å². The van der Waals surface area contributed by atoms with Crippen LogP contribution < -0.4 is 14.7 Å². The van der Waals surface area contributed by atoms with Gasteiger partial charge < -0.3 is 23.8 Å². The van der Waals surface area contributed by atoms with E-state index in [-0.39, 0.29) is 49.2 Å². The van der Waals surface area contributed by atoms with Crippen LogP contribution in [0, 0.1) is 5.92 Å². The van der Waals surface area contributed by atoms with Crippen molar-refractivity contribution >= 4 is 82.0 Å². The summed E-state index contributed by atoms with van der Waals surface area (Å²) >= 11 is 0. The number of halogens is 1. The number of nitrogens with zero attached hydrogens (tertiary/aromatic N) is 4. The van der Waals surface area contributed by atoms with Crippen LogP contribution in [0.5, 0.6) is 0 Å². The molecule has 0 aliphatic carbocycles. The first-order valence-corrected chi connectivity index (χ1v) is 24.4. The SMILES string of the molecule is C[C@H]1[C@H]([Si](C)(C)F)[C@@H](CC(=O)N2CCC[C@H]2CO)O[C@]12C(=O)N(Cc1cccc(N3C(=O)c4cccc5cccc3c45)c1)c1ccc(N3C(=O)c4cccc5cccc3c45)cc12. The van der Waals surface area contributed by atoms with Gasteiger partial charge in [-0.3, -0.25) is 29.0 Å². The smallest absolute Gasteiger partial charge is 0.264 e. The number of ether oxygens (including phenoxy) is 1. The Hall–Kier alpha value is -6.21. The van der Waals surface area contributed by atoms with Gasteiger partial charge in [0.25, 0.3) is 17.7 Å². The number of fused-ring (bicyclic) bond motifs is 2. The summed E-state index contributed by atoms with van der Waals surface area (Å²) in [7, 11) is -3.64. The van der Waals surface area contributed by atoms with Crippen molar-refractivity contribution in [2.45, 2.75) is 69.1 Å². The second-order valence-corrected chi connectivity index (χ2v) is 21.7. The highest BCUT2D eigenvalue weighted by atomic mass is 28.4. The molecule has 5 aliphatic heterocycles. The lowest BCUT2D eigenvalue weighted by atomic mass is 9.82. The highest BCUT2D eigenvalue weighted by Gasteiger charge is 2.67. The normalized spacial score (nSPS) is 23.9. The summed E-state index contributed by atoms with van der Waals surface area (Å²) in [6.45, 7) is 5.54. The quantitative estimate of drug-likeness (QED) is 0.121. The van der Waals surface area contributed by atoms with Crippen molar-refractivity contribution in [2.75, 3.05) is 27.9 Å². The average molecular weight is 845 g/mol. The van der Waals surface area contributed by atoms with Crippen LogP contribution in [0.3, 0.4) is 0 Å². The van der Waals surface area contributed by atoms with E-state index in [4.69, 9.17) is 4.74 Å². The Morgan fingerprint density at radius 1 is 0.790 bits per heavy atom. The number of anilines is 5. The molecule has 2 fully saturated rings. The fourth-order valence-corrected chi connectivity index (χ4v) is 14.0. The summed E-state index contributed by atoms with van der Waals surface area (Å²) in [5.41, 5.74) is 3.36. The van der Waals surface area contributed by atoms with E-state index in [1.807, 2.05) is 122 Å². The highest BCUT2D eigenvalue weighted by molar-refractivity contribution is 6.72. The maximum Gasteiger partial charge on any atom is 0.264 e. The summed E-state index contributed by atoms with van der Waals surface area (Å²) in [6, 6.07) is 35.9. The van der Waals surface area contributed by atoms with E-state index in [0.29, 0.717) is 46.7 Å². The molecular weight excluding hydrogens is 800 g/mol. The van der Waals surface area contributed by atoms with Gasteiger partial charge in [0.15, 0.2) is 5.60 Å². The Morgan fingerprint density at radius 3 is 2.00 bits per heavy atom. The summed E-state index contributed by atoms with van der Waals surface area (Å²) in [5, 5.41) is 13.7. The van der Waals surface area contributed by atoms with Gasteiger partial charge in [-0.15, -0.1) is 0 Å². The van der Waals surface area contributed by atoms with Gasteiger partial charge in [0.2, 0.25) is 14.3 Å². The Balaban J connectivity index is 1.01. The summed E-state index contributed by atoms with van der Waals surface area (Å²) in [5.74, 6) is -1.61. The minimum Gasteiger partial charge on any atom is -0.394 e. The van der Waals surface area contributed by atoms with Crippen LogP contribution in [-0.2, 0) is 26.5 Å². The zero-order valence-corrected chi connectivity index (χ0v) is 35.7. The average Bonchev–Trinajstić information content (AvgIpc) is 4.05. The number of rotatable bonds is 8. The van der Waals surface area contributed by atoms with Gasteiger partial charge in [-0.05, 0) is 96.9 Å². The Morgan fingerprint density at radius 2 is 1.39 bits per heavy atom. The molecule has 62 heavy (non-hydrogen) atoms. The Bertz CT molecular complexity index is 2920. The largest absolute Gasteiger partial charge is 0.394 e. The van der Waals surface area contributed by atoms with Crippen molar-refractivity contribution in [2.24, 2.45) is 5.92 Å². The Kier molecular flexibility index (Phi) is 8.67. The highest BCUT2D eigenvalue weighted by Crippen LogP contribution is 2.61. The molecule has 11 rings (SSSR count). The number of hydrogen-bond acceptors (Lipinski definition) is 6. The number of aliphatic hydroxyl groups is 1. The molecule has 4 amide bonds. The van der Waals surface area contributed by atoms with Crippen LogP contribution in [0.1, 0.15) is 58.0 Å². The van der Waals surface area contributed by atoms with Crippen LogP contribution in [0.4, 0.5) is 32.5 Å². The molecule has 12 heteroatoms. The zero-order chi connectivity index (χ0) is 42.8. The number of benzene rings is 6. The first kappa shape index (κ1) is 38.7. The van der Waals surface area contributed by atoms with Crippen molar-refractivity contribution < 1.29 is 33.1 Å². The van der Waals surface area contributed by atoms with E-state index >= 15 is 8.90 Å². The van der Waals surface area contributed by atoms with Crippen LogP contribution in [-0.4, -0.2) is 67.3 Å². The van der Waals surface area contributed by atoms with Gasteiger partial charge in [0.05, 0.1) is 59.9 Å². The first-order chi connectivity index (χ1) is 29.9. The zero-order valence-electron chi connectivity index (χ0n) is 34.7. The van der Waals surface area contributed by atoms with Crippen LogP contribution in [0.15, 0.2) is 115 Å². The second kappa shape index (κ2) is 13.9. The number of hydrogen-bond donors (Lipinski definition) is 1. The molecule has 312 valence electrons. The summed E-state index contributed by atoms with van der Waals surface area (Å²) < 4.78 is 23.9. The van der Waals surface area contributed by atoms with Gasteiger partial charge in [-0.25, -0.2) is 0 Å². The van der Waals surface area contributed by atoms with E-state index < -0.39 is 31.6 Å². The van der Waals surface area contributed by atoms with Crippen molar-refractivity contribution in [3.05, 3.63) is 138 Å². The third-order valence-corrected chi connectivity index (χ3v) is 16.6. The fraction of sp³-hybridized carbons (Fsp3) is 0.280.